The molecular weight excluding hydrogens is 314 g/mol. The van der Waals surface area contributed by atoms with Crippen LogP contribution in [0.5, 0.6) is 0 Å². The Labute approximate surface area is 156 Å². The van der Waals surface area contributed by atoms with Gasteiger partial charge in [-0.25, -0.2) is 0 Å². The third-order valence-electron chi connectivity index (χ3n) is 4.17. The molecule has 0 aliphatic heterocycles. The quantitative estimate of drug-likeness (QED) is 0.183. The summed E-state index contributed by atoms with van der Waals surface area (Å²) in [6.07, 6.45) is 5.58. The molecule has 7 heteroatoms. The van der Waals surface area contributed by atoms with E-state index in [9.17, 15) is 0 Å². The minimum absolute atomic E-state index is 0.767. The van der Waals surface area contributed by atoms with Gasteiger partial charge >= 0.3 is 0 Å². The van der Waals surface area contributed by atoms with Crippen molar-refractivity contribution in [1.82, 2.24) is 20.0 Å². The van der Waals surface area contributed by atoms with Gasteiger partial charge in [-0.15, -0.1) is 0 Å². The van der Waals surface area contributed by atoms with Gasteiger partial charge in [0.15, 0.2) is 0 Å². The van der Waals surface area contributed by atoms with Crippen molar-refractivity contribution in [3.63, 3.8) is 0 Å². The number of hydrogen-bond donors (Lipinski definition) is 4. The van der Waals surface area contributed by atoms with E-state index in [4.69, 9.17) is 17.2 Å². The highest BCUT2D eigenvalue weighted by Crippen LogP contribution is 2.00. The van der Waals surface area contributed by atoms with Crippen molar-refractivity contribution in [2.24, 2.45) is 17.2 Å². The summed E-state index contributed by atoms with van der Waals surface area (Å²) >= 11 is 0. The van der Waals surface area contributed by atoms with Crippen molar-refractivity contribution in [2.45, 2.75) is 32.1 Å². The van der Waals surface area contributed by atoms with Crippen molar-refractivity contribution in [3.05, 3.63) is 0 Å². The minimum atomic E-state index is 0.767. The number of nitrogens with one attached hydrogen (secondary N) is 1. The maximum absolute atomic E-state index is 5.66. The molecular formula is C18H45N7. The molecule has 152 valence electrons. The molecule has 0 amide bonds. The fourth-order valence-corrected chi connectivity index (χ4v) is 2.92. The molecule has 0 saturated carbocycles. The van der Waals surface area contributed by atoms with Crippen molar-refractivity contribution in [3.8, 4) is 0 Å². The average molecular weight is 360 g/mol. The van der Waals surface area contributed by atoms with Crippen LogP contribution in [-0.2, 0) is 0 Å². The molecule has 0 unspecified atom stereocenters. The lowest BCUT2D eigenvalue weighted by Gasteiger charge is -2.28. The molecule has 0 aromatic carbocycles. The lowest BCUT2D eigenvalue weighted by Crippen LogP contribution is -2.38. The second kappa shape index (κ2) is 18.5. The van der Waals surface area contributed by atoms with Crippen LogP contribution in [0.4, 0.5) is 0 Å². The molecule has 0 spiro atoms. The van der Waals surface area contributed by atoms with Crippen LogP contribution >= 0.6 is 0 Å². The normalized spacial score (nSPS) is 12.0. The van der Waals surface area contributed by atoms with E-state index in [-0.39, 0.29) is 0 Å². The molecule has 0 aliphatic carbocycles. The van der Waals surface area contributed by atoms with E-state index in [0.717, 1.165) is 91.4 Å². The minimum Gasteiger partial charge on any atom is -0.330 e. The fourth-order valence-electron chi connectivity index (χ4n) is 2.92. The molecule has 7 N–H and O–H groups in total. The van der Waals surface area contributed by atoms with Crippen molar-refractivity contribution >= 4 is 0 Å². The highest BCUT2D eigenvalue weighted by atomic mass is 15.3. The van der Waals surface area contributed by atoms with Gasteiger partial charge in [-0.3, -0.25) is 9.80 Å². The maximum atomic E-state index is 5.66. The Morgan fingerprint density at radius 1 is 0.600 bits per heavy atom. The van der Waals surface area contributed by atoms with Gasteiger partial charge < -0.3 is 27.4 Å². The van der Waals surface area contributed by atoms with Crippen LogP contribution in [0.3, 0.4) is 0 Å². The van der Waals surface area contributed by atoms with Crippen LogP contribution in [-0.4, -0.2) is 101 Å². The Morgan fingerprint density at radius 2 is 1.08 bits per heavy atom. The topological polar surface area (TPSA) is 99.8 Å². The molecule has 0 atom stereocenters. The zero-order chi connectivity index (χ0) is 18.8. The SMILES string of the molecule is CN(C)CN(CCCNCCCN)CCCN(CCCN)CCCN. The summed E-state index contributed by atoms with van der Waals surface area (Å²) in [6, 6.07) is 0. The smallest absolute Gasteiger partial charge is 0.0500 e. The summed E-state index contributed by atoms with van der Waals surface area (Å²) in [5.41, 5.74) is 16.8. The Bertz CT molecular complexity index is 256. The number of hydrogen-bond acceptors (Lipinski definition) is 7. The van der Waals surface area contributed by atoms with Gasteiger partial charge in [-0.05, 0) is 98.6 Å². The van der Waals surface area contributed by atoms with Gasteiger partial charge in [0.1, 0.15) is 0 Å². The van der Waals surface area contributed by atoms with E-state index < -0.39 is 0 Å². The van der Waals surface area contributed by atoms with Gasteiger partial charge in [-0.2, -0.15) is 0 Å². The Balaban J connectivity index is 4.04. The summed E-state index contributed by atoms with van der Waals surface area (Å²) in [4.78, 5) is 7.32. The first kappa shape index (κ1) is 24.7. The summed E-state index contributed by atoms with van der Waals surface area (Å²) in [5, 5.41) is 3.46. The van der Waals surface area contributed by atoms with E-state index in [2.05, 4.69) is 34.1 Å². The Morgan fingerprint density at radius 3 is 1.64 bits per heavy atom. The van der Waals surface area contributed by atoms with Crippen molar-refractivity contribution in [1.29, 1.82) is 0 Å². The molecule has 0 aromatic rings. The van der Waals surface area contributed by atoms with Gasteiger partial charge in [0, 0.05) is 13.1 Å². The molecule has 7 nitrogen and oxygen atoms in total. The maximum Gasteiger partial charge on any atom is 0.0500 e. The third kappa shape index (κ3) is 16.9. The molecule has 0 fully saturated rings. The monoisotopic (exact) mass is 359 g/mol. The number of nitrogens with two attached hydrogens (primary N) is 3. The van der Waals surface area contributed by atoms with Crippen LogP contribution in [0.15, 0.2) is 0 Å². The Hall–Kier alpha value is -0.280. The molecule has 0 heterocycles. The van der Waals surface area contributed by atoms with Crippen LogP contribution in [0, 0.1) is 0 Å². The first-order valence-electron chi connectivity index (χ1n) is 10.0. The molecule has 0 aliphatic rings. The van der Waals surface area contributed by atoms with Gasteiger partial charge in [-0.1, -0.05) is 0 Å². The molecule has 0 radical (unpaired) electrons. The lowest BCUT2D eigenvalue weighted by molar-refractivity contribution is 0.161. The van der Waals surface area contributed by atoms with E-state index in [1.54, 1.807) is 0 Å². The molecule has 0 saturated heterocycles. The van der Waals surface area contributed by atoms with Crippen LogP contribution in [0.2, 0.25) is 0 Å². The summed E-state index contributed by atoms with van der Waals surface area (Å²) in [6.45, 7) is 11.0. The van der Waals surface area contributed by atoms with Crippen molar-refractivity contribution < 1.29 is 0 Å². The van der Waals surface area contributed by atoms with Crippen LogP contribution < -0.4 is 22.5 Å². The van der Waals surface area contributed by atoms with Crippen molar-refractivity contribution in [2.75, 3.05) is 86.2 Å². The average Bonchev–Trinajstić information content (AvgIpc) is 2.59. The first-order chi connectivity index (χ1) is 12.1. The second-order valence-corrected chi connectivity index (χ2v) is 7.06. The number of rotatable bonds is 19. The van der Waals surface area contributed by atoms with E-state index in [0.29, 0.717) is 0 Å². The van der Waals surface area contributed by atoms with Crippen LogP contribution in [0.25, 0.3) is 0 Å². The highest BCUT2D eigenvalue weighted by Gasteiger charge is 2.08. The zero-order valence-electron chi connectivity index (χ0n) is 16.9. The predicted molar refractivity (Wildman–Crippen MR) is 110 cm³/mol. The first-order valence-corrected chi connectivity index (χ1v) is 10.0. The lowest BCUT2D eigenvalue weighted by atomic mass is 10.2. The zero-order valence-corrected chi connectivity index (χ0v) is 16.9. The fraction of sp³-hybridized carbons (Fsp3) is 1.00. The predicted octanol–water partition coefficient (Wildman–Crippen LogP) is -0.474. The van der Waals surface area contributed by atoms with E-state index in [1.165, 1.54) is 12.8 Å². The van der Waals surface area contributed by atoms with Gasteiger partial charge in [0.2, 0.25) is 0 Å². The molecule has 0 aromatic heterocycles. The summed E-state index contributed by atoms with van der Waals surface area (Å²) in [5.74, 6) is 0. The largest absolute Gasteiger partial charge is 0.330 e. The standard InChI is InChI=1S/C18H45N7/c1-23(2)18-25(15-6-12-22-11-3-8-19)17-7-16-24(13-4-9-20)14-5-10-21/h22H,3-21H2,1-2H3. The van der Waals surface area contributed by atoms with Crippen LogP contribution in [0.1, 0.15) is 32.1 Å². The summed E-state index contributed by atoms with van der Waals surface area (Å²) in [7, 11) is 4.28. The number of nitrogens with zero attached hydrogens (tertiary/aromatic N) is 3. The molecule has 25 heavy (non-hydrogen) atoms. The third-order valence-corrected chi connectivity index (χ3v) is 4.17. The second-order valence-electron chi connectivity index (χ2n) is 7.06. The molecule has 0 bridgehead atoms. The van der Waals surface area contributed by atoms with E-state index >= 15 is 0 Å². The summed E-state index contributed by atoms with van der Waals surface area (Å²) < 4.78 is 0. The Kier molecular flexibility index (Phi) is 18.3. The van der Waals surface area contributed by atoms with Gasteiger partial charge in [0.25, 0.3) is 0 Å². The molecule has 0 rings (SSSR count). The van der Waals surface area contributed by atoms with Gasteiger partial charge in [0.05, 0.1) is 6.67 Å². The highest BCUT2D eigenvalue weighted by molar-refractivity contribution is 4.64. The van der Waals surface area contributed by atoms with E-state index in [1.807, 2.05) is 0 Å².